The van der Waals surface area contributed by atoms with Crippen molar-refractivity contribution in [1.29, 1.82) is 0 Å². The molecule has 0 spiro atoms. The predicted octanol–water partition coefficient (Wildman–Crippen LogP) is 0.870. The molecule has 1 aliphatic rings. The van der Waals surface area contributed by atoms with Gasteiger partial charge in [-0.25, -0.2) is 9.98 Å². The molecular formula is C10H18N4. The molecule has 1 fully saturated rings. The van der Waals surface area contributed by atoms with Crippen molar-refractivity contribution < 1.29 is 0 Å². The van der Waals surface area contributed by atoms with E-state index in [1.165, 1.54) is 6.20 Å². The van der Waals surface area contributed by atoms with E-state index in [2.05, 4.69) is 33.5 Å². The number of aliphatic imine (C=N–C) groups is 2. The molecule has 1 saturated heterocycles. The van der Waals surface area contributed by atoms with Crippen LogP contribution in [0.1, 0.15) is 12.8 Å². The standard InChI is InChI=1S/C10H18N4/c1-4-13-10(12-3)14-7-5-9(11-2)6-8-14/h4,9,11H,1,3,5-8H2,2H3. The van der Waals surface area contributed by atoms with Crippen LogP contribution in [-0.2, 0) is 0 Å². The number of nitrogens with one attached hydrogen (secondary N) is 1. The van der Waals surface area contributed by atoms with Crippen molar-refractivity contribution in [3.63, 3.8) is 0 Å². The number of hydrogen-bond donors (Lipinski definition) is 1. The van der Waals surface area contributed by atoms with E-state index in [4.69, 9.17) is 0 Å². The van der Waals surface area contributed by atoms with Crippen molar-refractivity contribution in [2.24, 2.45) is 9.98 Å². The fourth-order valence-electron chi connectivity index (χ4n) is 1.67. The monoisotopic (exact) mass is 194 g/mol. The first-order chi connectivity index (χ1) is 6.81. The minimum Gasteiger partial charge on any atom is -0.341 e. The predicted molar refractivity (Wildman–Crippen MR) is 60.8 cm³/mol. The molecule has 78 valence electrons. The summed E-state index contributed by atoms with van der Waals surface area (Å²) in [5, 5.41) is 3.28. The highest BCUT2D eigenvalue weighted by atomic mass is 15.3. The maximum absolute atomic E-state index is 4.07. The number of nitrogens with zero attached hydrogens (tertiary/aromatic N) is 3. The first-order valence-electron chi connectivity index (χ1n) is 4.89. The fraction of sp³-hybridized carbons (Fsp3) is 0.600. The van der Waals surface area contributed by atoms with Gasteiger partial charge in [0.25, 0.3) is 0 Å². The van der Waals surface area contributed by atoms with Gasteiger partial charge in [-0.05, 0) is 26.6 Å². The molecule has 0 amide bonds. The van der Waals surface area contributed by atoms with Crippen LogP contribution in [0.25, 0.3) is 0 Å². The summed E-state index contributed by atoms with van der Waals surface area (Å²) >= 11 is 0. The Morgan fingerprint density at radius 2 is 2.14 bits per heavy atom. The van der Waals surface area contributed by atoms with Gasteiger partial charge < -0.3 is 10.2 Å². The maximum Gasteiger partial charge on any atom is 0.224 e. The zero-order chi connectivity index (χ0) is 10.4. The summed E-state index contributed by atoms with van der Waals surface area (Å²) in [7, 11) is 2.00. The van der Waals surface area contributed by atoms with Gasteiger partial charge in [0.15, 0.2) is 0 Å². The van der Waals surface area contributed by atoms with Gasteiger partial charge in [-0.2, -0.15) is 0 Å². The van der Waals surface area contributed by atoms with Gasteiger partial charge >= 0.3 is 0 Å². The summed E-state index contributed by atoms with van der Waals surface area (Å²) in [5.41, 5.74) is 0. The largest absolute Gasteiger partial charge is 0.341 e. The average molecular weight is 194 g/mol. The third-order valence-corrected chi connectivity index (χ3v) is 2.53. The number of guanidine groups is 1. The highest BCUT2D eigenvalue weighted by Gasteiger charge is 2.19. The van der Waals surface area contributed by atoms with Crippen LogP contribution in [0, 0.1) is 0 Å². The van der Waals surface area contributed by atoms with E-state index in [0.717, 1.165) is 25.9 Å². The van der Waals surface area contributed by atoms with Crippen molar-refractivity contribution >= 4 is 12.7 Å². The van der Waals surface area contributed by atoms with E-state index in [9.17, 15) is 0 Å². The molecule has 0 aromatic rings. The molecule has 1 aliphatic heterocycles. The summed E-state index contributed by atoms with van der Waals surface area (Å²) in [6.07, 6.45) is 3.76. The van der Waals surface area contributed by atoms with E-state index in [0.29, 0.717) is 12.0 Å². The molecule has 14 heavy (non-hydrogen) atoms. The zero-order valence-corrected chi connectivity index (χ0v) is 8.74. The van der Waals surface area contributed by atoms with Crippen LogP contribution in [0.4, 0.5) is 0 Å². The third kappa shape index (κ3) is 2.67. The Kier molecular flexibility index (Phi) is 4.32. The lowest BCUT2D eigenvalue weighted by atomic mass is 10.1. The summed E-state index contributed by atoms with van der Waals surface area (Å²) in [6.45, 7) is 9.03. The minimum atomic E-state index is 0.626. The lowest BCUT2D eigenvalue weighted by Gasteiger charge is -2.32. The molecule has 0 bridgehead atoms. The van der Waals surface area contributed by atoms with Crippen LogP contribution >= 0.6 is 0 Å². The molecule has 0 aliphatic carbocycles. The van der Waals surface area contributed by atoms with Crippen molar-refractivity contribution in [1.82, 2.24) is 10.2 Å². The van der Waals surface area contributed by atoms with Gasteiger partial charge in [0, 0.05) is 25.3 Å². The van der Waals surface area contributed by atoms with Gasteiger partial charge in [0.2, 0.25) is 5.96 Å². The van der Waals surface area contributed by atoms with Crippen LogP contribution in [0.15, 0.2) is 22.8 Å². The number of piperidine rings is 1. The first kappa shape index (κ1) is 10.9. The van der Waals surface area contributed by atoms with Crippen LogP contribution < -0.4 is 5.32 Å². The lowest BCUT2D eigenvalue weighted by molar-refractivity contribution is 0.289. The van der Waals surface area contributed by atoms with Crippen molar-refractivity contribution in [3.8, 4) is 0 Å². The Morgan fingerprint density at radius 3 is 2.57 bits per heavy atom. The fourth-order valence-corrected chi connectivity index (χ4v) is 1.67. The Hall–Kier alpha value is -1.16. The van der Waals surface area contributed by atoms with Crippen molar-refractivity contribution in [2.75, 3.05) is 20.1 Å². The number of likely N-dealkylation sites (tertiary alicyclic amines) is 1. The van der Waals surface area contributed by atoms with E-state index in [1.54, 1.807) is 0 Å². The highest BCUT2D eigenvalue weighted by Crippen LogP contribution is 2.10. The van der Waals surface area contributed by atoms with Crippen LogP contribution in [0.5, 0.6) is 0 Å². The average Bonchev–Trinajstić information content (AvgIpc) is 2.26. The molecule has 0 saturated carbocycles. The van der Waals surface area contributed by atoms with Gasteiger partial charge in [-0.1, -0.05) is 6.58 Å². The van der Waals surface area contributed by atoms with Gasteiger partial charge in [-0.3, -0.25) is 0 Å². The van der Waals surface area contributed by atoms with Gasteiger partial charge in [0.05, 0.1) is 0 Å². The molecule has 0 radical (unpaired) electrons. The van der Waals surface area contributed by atoms with Gasteiger partial charge in [0.1, 0.15) is 0 Å². The first-order valence-corrected chi connectivity index (χ1v) is 4.89. The second-order valence-electron chi connectivity index (χ2n) is 3.32. The smallest absolute Gasteiger partial charge is 0.224 e. The molecule has 1 rings (SSSR count). The maximum atomic E-state index is 4.07. The number of rotatable bonds is 2. The van der Waals surface area contributed by atoms with Crippen LogP contribution in [0.3, 0.4) is 0 Å². The van der Waals surface area contributed by atoms with E-state index < -0.39 is 0 Å². The topological polar surface area (TPSA) is 40.0 Å². The molecule has 0 unspecified atom stereocenters. The second-order valence-corrected chi connectivity index (χ2v) is 3.32. The summed E-state index contributed by atoms with van der Waals surface area (Å²) < 4.78 is 0. The van der Waals surface area contributed by atoms with E-state index >= 15 is 0 Å². The second kappa shape index (κ2) is 5.54. The molecule has 1 N–H and O–H groups in total. The van der Waals surface area contributed by atoms with Crippen molar-refractivity contribution in [3.05, 3.63) is 12.8 Å². The molecule has 4 heteroatoms. The molecule has 0 atom stereocenters. The Bertz CT molecular complexity index is 226. The Labute approximate surface area is 85.4 Å². The lowest BCUT2D eigenvalue weighted by Crippen LogP contribution is -2.43. The Balaban J connectivity index is 2.51. The highest BCUT2D eigenvalue weighted by molar-refractivity contribution is 5.84. The number of hydrogen-bond acceptors (Lipinski definition) is 2. The summed E-state index contributed by atoms with van der Waals surface area (Å²) in [5.74, 6) is 0.689. The molecule has 0 aromatic carbocycles. The molecule has 4 nitrogen and oxygen atoms in total. The molecule has 1 heterocycles. The third-order valence-electron chi connectivity index (χ3n) is 2.53. The quantitative estimate of drug-likeness (QED) is 0.523. The van der Waals surface area contributed by atoms with Crippen LogP contribution in [0.2, 0.25) is 0 Å². The van der Waals surface area contributed by atoms with Crippen molar-refractivity contribution in [2.45, 2.75) is 18.9 Å². The SMILES string of the molecule is C=CN=C(N=C)N1CCC(NC)CC1. The molecular weight excluding hydrogens is 176 g/mol. The van der Waals surface area contributed by atoms with Crippen LogP contribution in [-0.4, -0.2) is 43.8 Å². The zero-order valence-electron chi connectivity index (χ0n) is 8.74. The molecule has 0 aromatic heterocycles. The normalized spacial score (nSPS) is 19.5. The summed E-state index contributed by atoms with van der Waals surface area (Å²) in [6, 6.07) is 0.626. The van der Waals surface area contributed by atoms with Gasteiger partial charge in [-0.15, -0.1) is 0 Å². The Morgan fingerprint density at radius 1 is 1.50 bits per heavy atom. The van der Waals surface area contributed by atoms with E-state index in [-0.39, 0.29) is 0 Å². The summed E-state index contributed by atoms with van der Waals surface area (Å²) in [4.78, 5) is 10.1. The van der Waals surface area contributed by atoms with E-state index in [1.807, 2.05) is 7.05 Å². The minimum absolute atomic E-state index is 0.626.